The van der Waals surface area contributed by atoms with E-state index < -0.39 is 11.9 Å². The van der Waals surface area contributed by atoms with E-state index in [9.17, 15) is 4.79 Å². The molecular weight excluding hydrogens is 146 g/mol. The molecule has 1 atom stereocenters. The largest absolute Gasteiger partial charge is 0.481 e. The van der Waals surface area contributed by atoms with Crippen LogP contribution in [0.2, 0.25) is 0 Å². The van der Waals surface area contributed by atoms with Gasteiger partial charge in [0.05, 0.1) is 5.69 Å². The summed E-state index contributed by atoms with van der Waals surface area (Å²) in [5.41, 5.74) is 0.486. The fourth-order valence-corrected chi connectivity index (χ4v) is 0.891. The zero-order chi connectivity index (χ0) is 8.27. The van der Waals surface area contributed by atoms with Crippen LogP contribution in [0.4, 0.5) is 0 Å². The summed E-state index contributed by atoms with van der Waals surface area (Å²) in [7, 11) is 0. The van der Waals surface area contributed by atoms with E-state index in [2.05, 4.69) is 15.4 Å². The lowest BCUT2D eigenvalue weighted by atomic mass is 10.0. The second-order valence-corrected chi connectivity index (χ2v) is 2.20. The van der Waals surface area contributed by atoms with Gasteiger partial charge in [0.15, 0.2) is 0 Å². The van der Waals surface area contributed by atoms with Gasteiger partial charge in [-0.3, -0.25) is 9.89 Å². The van der Waals surface area contributed by atoms with E-state index in [4.69, 9.17) is 5.11 Å². The Bertz CT molecular complexity index is 232. The molecule has 0 aromatic carbocycles. The summed E-state index contributed by atoms with van der Waals surface area (Å²) in [6, 6.07) is 0. The lowest BCUT2D eigenvalue weighted by Crippen LogP contribution is -2.10. The van der Waals surface area contributed by atoms with Gasteiger partial charge in [0.1, 0.15) is 5.92 Å². The lowest BCUT2D eigenvalue weighted by molar-refractivity contribution is -0.138. The van der Waals surface area contributed by atoms with Crippen molar-refractivity contribution in [2.24, 2.45) is 0 Å². The van der Waals surface area contributed by atoms with E-state index >= 15 is 0 Å². The summed E-state index contributed by atoms with van der Waals surface area (Å²) >= 11 is 0. The zero-order valence-electron chi connectivity index (χ0n) is 6.11. The van der Waals surface area contributed by atoms with Crippen LogP contribution < -0.4 is 0 Å². The molecular formula is C6H9N3O2. The van der Waals surface area contributed by atoms with Crippen LogP contribution >= 0.6 is 0 Å². The highest BCUT2D eigenvalue weighted by Crippen LogP contribution is 2.15. The maximum absolute atomic E-state index is 10.5. The third kappa shape index (κ3) is 1.54. The Kier molecular flexibility index (Phi) is 2.20. The first-order chi connectivity index (χ1) is 5.25. The van der Waals surface area contributed by atoms with Gasteiger partial charge in [-0.15, -0.1) is 5.10 Å². The molecule has 1 heterocycles. The molecule has 0 amide bonds. The molecule has 0 saturated heterocycles. The van der Waals surface area contributed by atoms with Gasteiger partial charge in [0.25, 0.3) is 0 Å². The summed E-state index contributed by atoms with van der Waals surface area (Å²) in [5.74, 6) is -1.39. The van der Waals surface area contributed by atoms with Crippen LogP contribution in [0.1, 0.15) is 25.0 Å². The van der Waals surface area contributed by atoms with E-state index in [0.29, 0.717) is 12.1 Å². The van der Waals surface area contributed by atoms with Crippen LogP contribution in [0.5, 0.6) is 0 Å². The Morgan fingerprint density at radius 2 is 2.64 bits per heavy atom. The van der Waals surface area contributed by atoms with Gasteiger partial charge in [0.2, 0.25) is 0 Å². The van der Waals surface area contributed by atoms with Crippen LogP contribution in [0.15, 0.2) is 6.20 Å². The highest BCUT2D eigenvalue weighted by molar-refractivity contribution is 5.75. The van der Waals surface area contributed by atoms with Crippen LogP contribution in [-0.4, -0.2) is 26.5 Å². The number of aromatic amines is 1. The number of H-pyrrole nitrogens is 1. The Labute approximate surface area is 63.4 Å². The summed E-state index contributed by atoms with van der Waals surface area (Å²) in [6.45, 7) is 1.80. The molecule has 0 radical (unpaired) electrons. The second-order valence-electron chi connectivity index (χ2n) is 2.20. The summed E-state index contributed by atoms with van der Waals surface area (Å²) in [6.07, 6.45) is 2.03. The van der Waals surface area contributed by atoms with E-state index in [1.807, 2.05) is 0 Å². The summed E-state index contributed by atoms with van der Waals surface area (Å²) in [4.78, 5) is 10.5. The topological polar surface area (TPSA) is 78.9 Å². The van der Waals surface area contributed by atoms with Crippen molar-refractivity contribution in [1.29, 1.82) is 0 Å². The smallest absolute Gasteiger partial charge is 0.312 e. The molecule has 2 N–H and O–H groups in total. The molecule has 5 nitrogen and oxygen atoms in total. The molecule has 1 aromatic rings. The van der Waals surface area contributed by atoms with Crippen molar-refractivity contribution >= 4 is 5.97 Å². The number of nitrogens with zero attached hydrogens (tertiary/aromatic N) is 2. The first kappa shape index (κ1) is 7.71. The second kappa shape index (κ2) is 3.14. The number of carboxylic acid groups (broad SMARTS) is 1. The third-order valence-corrected chi connectivity index (χ3v) is 1.50. The molecule has 0 bridgehead atoms. The van der Waals surface area contributed by atoms with E-state index in [1.54, 1.807) is 6.92 Å². The molecule has 0 aliphatic heterocycles. The normalized spacial score (nSPS) is 12.8. The number of nitrogens with one attached hydrogen (secondary N) is 1. The van der Waals surface area contributed by atoms with Gasteiger partial charge >= 0.3 is 5.97 Å². The highest BCUT2D eigenvalue weighted by atomic mass is 16.4. The minimum Gasteiger partial charge on any atom is -0.481 e. The van der Waals surface area contributed by atoms with Gasteiger partial charge in [0, 0.05) is 6.20 Å². The highest BCUT2D eigenvalue weighted by Gasteiger charge is 2.19. The van der Waals surface area contributed by atoms with Crippen molar-refractivity contribution in [2.45, 2.75) is 19.3 Å². The monoisotopic (exact) mass is 155 g/mol. The van der Waals surface area contributed by atoms with Crippen molar-refractivity contribution < 1.29 is 9.90 Å². The molecule has 0 fully saturated rings. The molecule has 1 aromatic heterocycles. The number of carbonyl (C=O) groups is 1. The molecule has 0 saturated carbocycles. The Morgan fingerprint density at radius 1 is 1.91 bits per heavy atom. The third-order valence-electron chi connectivity index (χ3n) is 1.50. The Morgan fingerprint density at radius 3 is 3.00 bits per heavy atom. The minimum atomic E-state index is -0.860. The molecule has 0 aliphatic carbocycles. The van der Waals surface area contributed by atoms with E-state index in [0.717, 1.165) is 0 Å². The molecule has 5 heteroatoms. The molecule has 0 aliphatic rings. The van der Waals surface area contributed by atoms with Gasteiger partial charge in [-0.05, 0) is 6.42 Å². The Balaban J connectivity index is 2.79. The maximum atomic E-state index is 10.5. The average molecular weight is 155 g/mol. The number of aromatic nitrogens is 3. The molecule has 1 rings (SSSR count). The predicted molar refractivity (Wildman–Crippen MR) is 37.1 cm³/mol. The summed E-state index contributed by atoms with van der Waals surface area (Å²) in [5, 5.41) is 18.2. The quantitative estimate of drug-likeness (QED) is 0.661. The van der Waals surface area contributed by atoms with Gasteiger partial charge in [-0.1, -0.05) is 12.1 Å². The van der Waals surface area contributed by atoms with Gasteiger partial charge in [-0.2, -0.15) is 0 Å². The number of hydrogen-bond acceptors (Lipinski definition) is 3. The van der Waals surface area contributed by atoms with E-state index in [1.165, 1.54) is 6.20 Å². The predicted octanol–water partition coefficient (Wildman–Crippen LogP) is 0.383. The van der Waals surface area contributed by atoms with Crippen LogP contribution in [0, 0.1) is 0 Å². The molecule has 11 heavy (non-hydrogen) atoms. The fourth-order valence-electron chi connectivity index (χ4n) is 0.891. The minimum absolute atomic E-state index is 0.486. The molecule has 60 valence electrons. The number of carboxylic acids is 1. The molecule has 1 unspecified atom stereocenters. The summed E-state index contributed by atoms with van der Waals surface area (Å²) < 4.78 is 0. The first-order valence-corrected chi connectivity index (χ1v) is 3.35. The van der Waals surface area contributed by atoms with Crippen molar-refractivity contribution in [1.82, 2.24) is 15.4 Å². The van der Waals surface area contributed by atoms with Crippen molar-refractivity contribution in [3.8, 4) is 0 Å². The zero-order valence-corrected chi connectivity index (χ0v) is 6.11. The van der Waals surface area contributed by atoms with Crippen LogP contribution in [0.25, 0.3) is 0 Å². The first-order valence-electron chi connectivity index (χ1n) is 3.35. The number of aliphatic carboxylic acids is 1. The molecule has 0 spiro atoms. The number of rotatable bonds is 3. The fraction of sp³-hybridized carbons (Fsp3) is 0.500. The van der Waals surface area contributed by atoms with Crippen molar-refractivity contribution in [3.63, 3.8) is 0 Å². The van der Waals surface area contributed by atoms with E-state index in [-0.39, 0.29) is 0 Å². The van der Waals surface area contributed by atoms with Crippen molar-refractivity contribution in [2.75, 3.05) is 0 Å². The standard InChI is InChI=1S/C6H9N3O2/c1-2-4(6(10)11)5-3-7-9-8-5/h3-4H,2H2,1H3,(H,10,11)(H,7,8,9). The average Bonchev–Trinajstić information content (AvgIpc) is 2.40. The SMILES string of the molecule is CCC(C(=O)O)c1c[nH]nn1. The van der Waals surface area contributed by atoms with Gasteiger partial charge < -0.3 is 5.11 Å². The number of hydrogen-bond donors (Lipinski definition) is 2. The van der Waals surface area contributed by atoms with Crippen molar-refractivity contribution in [3.05, 3.63) is 11.9 Å². The van der Waals surface area contributed by atoms with Gasteiger partial charge in [-0.25, -0.2) is 0 Å². The van der Waals surface area contributed by atoms with Crippen LogP contribution in [-0.2, 0) is 4.79 Å². The van der Waals surface area contributed by atoms with Crippen LogP contribution in [0.3, 0.4) is 0 Å². The lowest BCUT2D eigenvalue weighted by Gasteiger charge is -2.02. The Hall–Kier alpha value is -1.39. The maximum Gasteiger partial charge on any atom is 0.312 e.